The average molecular weight is 465 g/mol. The van der Waals surface area contributed by atoms with Crippen LogP contribution in [0.25, 0.3) is 0 Å². The van der Waals surface area contributed by atoms with Crippen molar-refractivity contribution in [3.63, 3.8) is 0 Å². The minimum absolute atomic E-state index is 0.119. The van der Waals surface area contributed by atoms with Crippen LogP contribution in [0.1, 0.15) is 41.2 Å². The van der Waals surface area contributed by atoms with E-state index in [1.165, 1.54) is 0 Å². The zero-order valence-electron chi connectivity index (χ0n) is 20.4. The van der Waals surface area contributed by atoms with Gasteiger partial charge in [-0.15, -0.1) is 0 Å². The van der Waals surface area contributed by atoms with E-state index in [0.29, 0.717) is 30.3 Å². The number of hydrogen-bond acceptors (Lipinski definition) is 6. The number of ether oxygens (including phenoxy) is 6. The van der Waals surface area contributed by atoms with Crippen molar-refractivity contribution in [1.82, 2.24) is 0 Å². The van der Waals surface area contributed by atoms with Crippen molar-refractivity contribution in [3.8, 4) is 23.0 Å². The molecule has 3 aromatic carbocycles. The lowest BCUT2D eigenvalue weighted by Crippen LogP contribution is -2.16. The fourth-order valence-corrected chi connectivity index (χ4v) is 4.34. The van der Waals surface area contributed by atoms with Crippen LogP contribution >= 0.6 is 0 Å². The molecular weight excluding hydrogens is 432 g/mol. The SMILES string of the molecule is COc1cc([C@@H]2Oc3c(OC)cc(CC(OC)OC)cc3[C@H]2C)ccc1OCc1ccccc1. The summed E-state index contributed by atoms with van der Waals surface area (Å²) in [5, 5.41) is 0. The summed E-state index contributed by atoms with van der Waals surface area (Å²) in [5.74, 6) is 2.98. The van der Waals surface area contributed by atoms with E-state index >= 15 is 0 Å². The number of benzene rings is 3. The first-order chi connectivity index (χ1) is 16.6. The molecule has 1 heterocycles. The molecule has 0 spiro atoms. The van der Waals surface area contributed by atoms with Gasteiger partial charge in [-0.3, -0.25) is 0 Å². The fourth-order valence-electron chi connectivity index (χ4n) is 4.34. The van der Waals surface area contributed by atoms with Crippen molar-refractivity contribution in [2.45, 2.75) is 38.3 Å². The quantitative estimate of drug-likeness (QED) is 0.360. The fraction of sp³-hybridized carbons (Fsp3) is 0.357. The van der Waals surface area contributed by atoms with Crippen LogP contribution in [-0.2, 0) is 22.5 Å². The normalized spacial score (nSPS) is 16.8. The second-order valence-corrected chi connectivity index (χ2v) is 8.33. The Balaban J connectivity index is 1.56. The molecule has 0 fully saturated rings. The molecule has 34 heavy (non-hydrogen) atoms. The van der Waals surface area contributed by atoms with E-state index in [1.807, 2.05) is 54.6 Å². The second-order valence-electron chi connectivity index (χ2n) is 8.33. The molecule has 0 N–H and O–H groups in total. The minimum atomic E-state index is -0.316. The van der Waals surface area contributed by atoms with Gasteiger partial charge in [0.1, 0.15) is 12.7 Å². The maximum Gasteiger partial charge on any atom is 0.165 e. The summed E-state index contributed by atoms with van der Waals surface area (Å²) in [4.78, 5) is 0. The van der Waals surface area contributed by atoms with Gasteiger partial charge in [-0.25, -0.2) is 0 Å². The Labute approximate surface area is 201 Å². The molecule has 1 aliphatic heterocycles. The highest BCUT2D eigenvalue weighted by molar-refractivity contribution is 5.55. The summed E-state index contributed by atoms with van der Waals surface area (Å²) in [5.41, 5.74) is 4.29. The van der Waals surface area contributed by atoms with Gasteiger partial charge in [0.05, 0.1) is 14.2 Å². The van der Waals surface area contributed by atoms with Gasteiger partial charge in [-0.1, -0.05) is 49.4 Å². The molecule has 2 atom stereocenters. The Hall–Kier alpha value is -3.22. The molecule has 4 rings (SSSR count). The van der Waals surface area contributed by atoms with Gasteiger partial charge in [-0.2, -0.15) is 0 Å². The molecule has 180 valence electrons. The number of hydrogen-bond donors (Lipinski definition) is 0. The highest BCUT2D eigenvalue weighted by Crippen LogP contribution is 2.51. The largest absolute Gasteiger partial charge is 0.493 e. The van der Waals surface area contributed by atoms with Crippen LogP contribution in [0.3, 0.4) is 0 Å². The average Bonchev–Trinajstić information content (AvgIpc) is 3.22. The standard InChI is InChI=1S/C28H32O6/c1-18-22-13-20(15-26(31-4)32-5)14-25(30-3)28(22)34-27(18)21-11-12-23(24(16-21)29-2)33-17-19-9-7-6-8-10-19/h6-14,16,18,26-27H,15,17H2,1-5H3/t18-,27-/m1/s1. The van der Waals surface area contributed by atoms with Crippen molar-refractivity contribution in [2.75, 3.05) is 28.4 Å². The molecule has 3 aromatic rings. The first-order valence-electron chi connectivity index (χ1n) is 11.4. The van der Waals surface area contributed by atoms with Crippen molar-refractivity contribution < 1.29 is 28.4 Å². The van der Waals surface area contributed by atoms with E-state index in [0.717, 1.165) is 28.0 Å². The van der Waals surface area contributed by atoms with E-state index < -0.39 is 0 Å². The summed E-state index contributed by atoms with van der Waals surface area (Å²) in [6.45, 7) is 2.64. The molecule has 0 aliphatic carbocycles. The van der Waals surface area contributed by atoms with Crippen molar-refractivity contribution in [1.29, 1.82) is 0 Å². The number of rotatable bonds is 10. The van der Waals surface area contributed by atoms with Crippen LogP contribution in [0, 0.1) is 0 Å². The lowest BCUT2D eigenvalue weighted by molar-refractivity contribution is -0.100. The van der Waals surface area contributed by atoms with Crippen LogP contribution < -0.4 is 18.9 Å². The lowest BCUT2D eigenvalue weighted by atomic mass is 9.91. The Morgan fingerprint density at radius 1 is 0.794 bits per heavy atom. The van der Waals surface area contributed by atoms with Gasteiger partial charge in [0.25, 0.3) is 0 Å². The topological polar surface area (TPSA) is 55.4 Å². The van der Waals surface area contributed by atoms with Crippen LogP contribution in [0.15, 0.2) is 60.7 Å². The zero-order chi connectivity index (χ0) is 24.1. The van der Waals surface area contributed by atoms with Crippen molar-refractivity contribution in [2.24, 2.45) is 0 Å². The molecule has 0 saturated carbocycles. The van der Waals surface area contributed by atoms with Crippen LogP contribution in [0.4, 0.5) is 0 Å². The molecule has 0 amide bonds. The van der Waals surface area contributed by atoms with Crippen LogP contribution in [-0.4, -0.2) is 34.7 Å². The smallest absolute Gasteiger partial charge is 0.165 e. The summed E-state index contributed by atoms with van der Waals surface area (Å²) >= 11 is 0. The van der Waals surface area contributed by atoms with E-state index in [9.17, 15) is 0 Å². The maximum atomic E-state index is 6.42. The third-order valence-electron chi connectivity index (χ3n) is 6.23. The van der Waals surface area contributed by atoms with E-state index in [2.05, 4.69) is 13.0 Å². The van der Waals surface area contributed by atoms with Crippen molar-refractivity contribution >= 4 is 0 Å². The van der Waals surface area contributed by atoms with Gasteiger partial charge in [0.15, 0.2) is 29.3 Å². The Morgan fingerprint density at radius 3 is 2.21 bits per heavy atom. The summed E-state index contributed by atoms with van der Waals surface area (Å²) in [6.07, 6.45) is 0.135. The Morgan fingerprint density at radius 2 is 1.53 bits per heavy atom. The molecule has 0 bridgehead atoms. The van der Waals surface area contributed by atoms with Crippen LogP contribution in [0.2, 0.25) is 0 Å². The molecule has 1 aliphatic rings. The Bertz CT molecular complexity index is 1090. The van der Waals surface area contributed by atoms with Crippen LogP contribution in [0.5, 0.6) is 23.0 Å². The Kier molecular flexibility index (Phi) is 7.60. The molecule has 0 saturated heterocycles. The first kappa shape index (κ1) is 23.9. The van der Waals surface area contributed by atoms with Gasteiger partial charge >= 0.3 is 0 Å². The molecule has 6 nitrogen and oxygen atoms in total. The molecule has 0 aromatic heterocycles. The van der Waals surface area contributed by atoms with Gasteiger partial charge in [-0.05, 0) is 34.9 Å². The summed E-state index contributed by atoms with van der Waals surface area (Å²) in [6, 6.07) is 20.2. The maximum absolute atomic E-state index is 6.42. The van der Waals surface area contributed by atoms with E-state index in [1.54, 1.807) is 28.4 Å². The molecule has 0 radical (unpaired) electrons. The molecule has 0 unspecified atom stereocenters. The number of methoxy groups -OCH3 is 4. The van der Waals surface area contributed by atoms with E-state index in [4.69, 9.17) is 28.4 Å². The summed E-state index contributed by atoms with van der Waals surface area (Å²) < 4.78 is 34.5. The molecular formula is C28H32O6. The highest BCUT2D eigenvalue weighted by Gasteiger charge is 2.35. The predicted octanol–water partition coefficient (Wildman–Crippen LogP) is 5.68. The van der Waals surface area contributed by atoms with Gasteiger partial charge in [0.2, 0.25) is 0 Å². The van der Waals surface area contributed by atoms with E-state index in [-0.39, 0.29) is 18.3 Å². The lowest BCUT2D eigenvalue weighted by Gasteiger charge is -2.18. The summed E-state index contributed by atoms with van der Waals surface area (Å²) in [7, 11) is 6.59. The highest BCUT2D eigenvalue weighted by atomic mass is 16.7. The van der Waals surface area contributed by atoms with Crippen molar-refractivity contribution in [3.05, 3.63) is 82.9 Å². The molecule has 6 heteroatoms. The van der Waals surface area contributed by atoms with Gasteiger partial charge in [0, 0.05) is 32.1 Å². The zero-order valence-corrected chi connectivity index (χ0v) is 20.4. The second kappa shape index (κ2) is 10.8. The van der Waals surface area contributed by atoms with Gasteiger partial charge < -0.3 is 28.4 Å². The predicted molar refractivity (Wildman–Crippen MR) is 130 cm³/mol. The third kappa shape index (κ3) is 4.98. The monoisotopic (exact) mass is 464 g/mol. The number of fused-ring (bicyclic) bond motifs is 1. The third-order valence-corrected chi connectivity index (χ3v) is 6.23. The minimum Gasteiger partial charge on any atom is -0.493 e. The first-order valence-corrected chi connectivity index (χ1v) is 11.4.